The van der Waals surface area contributed by atoms with Crippen molar-refractivity contribution in [2.24, 2.45) is 0 Å². The van der Waals surface area contributed by atoms with Crippen molar-refractivity contribution < 1.29 is 21.6 Å². The van der Waals surface area contributed by atoms with E-state index in [9.17, 15) is 21.6 Å². The average Bonchev–Trinajstić information content (AvgIpc) is 3.25. The van der Waals surface area contributed by atoms with Gasteiger partial charge in [0, 0.05) is 15.8 Å². The summed E-state index contributed by atoms with van der Waals surface area (Å²) in [5.41, 5.74) is 19.0. The first-order chi connectivity index (χ1) is 35.3. The monoisotopic (exact) mass is 1190 g/mol. The topological polar surface area (TPSA) is 34.1 Å². The summed E-state index contributed by atoms with van der Waals surface area (Å²) in [6.45, 7) is 57.8. The molecule has 0 aromatic heterocycles. The van der Waals surface area contributed by atoms with Crippen molar-refractivity contribution in [1.29, 1.82) is 0 Å². The fraction of sp³-hybridized carbons (Fsp3) is 0.493. The molecule has 8 heteroatoms. The van der Waals surface area contributed by atoms with E-state index in [0.29, 0.717) is 10.5 Å². The van der Waals surface area contributed by atoms with Crippen molar-refractivity contribution in [1.82, 2.24) is 0 Å². The van der Waals surface area contributed by atoms with Crippen molar-refractivity contribution >= 4 is 37.4 Å². The number of aryl methyl sites for hydroxylation is 9. The van der Waals surface area contributed by atoms with Gasteiger partial charge in [0.05, 0.1) is 10.5 Å². The average molecular weight is 1190 g/mol. The Morgan fingerprint density at radius 3 is 0.886 bits per heavy atom. The van der Waals surface area contributed by atoms with E-state index in [1.165, 1.54) is 71.9 Å². The third-order valence-electron chi connectivity index (χ3n) is 13.3. The predicted octanol–water partition coefficient (Wildman–Crippen LogP) is 22.5. The van der Waals surface area contributed by atoms with Crippen molar-refractivity contribution in [3.05, 3.63) is 202 Å². The van der Waals surface area contributed by atoms with Gasteiger partial charge in [0.25, 0.3) is 0 Å². The molecule has 6 aromatic carbocycles. The molecule has 0 spiro atoms. The SMILES string of the molecule is Cc1cc(C(F)(F)F)cc(Cl)c1C(C)(C)C.Cc1ccc(Br)c(C(C)(C)C)c1.Cc1ccc(C)c(C(C)(C)C)c1.Cc1ccc(C)c(C(C)(C)C)c1.Cc1ccc(C)c(C(C)(C)C)c1.Cc1ccc(S(C)(=O)=O)cc1C(C)(C)C. The van der Waals surface area contributed by atoms with E-state index < -0.39 is 21.6 Å². The largest absolute Gasteiger partial charge is 0.416 e. The van der Waals surface area contributed by atoms with Gasteiger partial charge in [0.15, 0.2) is 9.84 Å². The number of sulfone groups is 1. The molecule has 0 heterocycles. The summed E-state index contributed by atoms with van der Waals surface area (Å²) in [4.78, 5) is 0.401. The fourth-order valence-electron chi connectivity index (χ4n) is 9.34. The predicted molar refractivity (Wildman–Crippen MR) is 344 cm³/mol. The molecule has 438 valence electrons. The highest BCUT2D eigenvalue weighted by atomic mass is 79.9. The first-order valence-electron chi connectivity index (χ1n) is 27.5. The summed E-state index contributed by atoms with van der Waals surface area (Å²) in [5, 5.41) is 0.180. The van der Waals surface area contributed by atoms with Gasteiger partial charge in [-0.3, -0.25) is 0 Å². The molecule has 0 radical (unpaired) electrons. The van der Waals surface area contributed by atoms with Gasteiger partial charge in [0.2, 0.25) is 0 Å². The van der Waals surface area contributed by atoms with Crippen LogP contribution in [0.1, 0.15) is 214 Å². The number of hydrogen-bond donors (Lipinski definition) is 0. The van der Waals surface area contributed by atoms with Crippen molar-refractivity contribution in [3.8, 4) is 0 Å². The van der Waals surface area contributed by atoms with Crippen molar-refractivity contribution in [3.63, 3.8) is 0 Å². The number of rotatable bonds is 1. The molecule has 0 saturated carbocycles. The van der Waals surface area contributed by atoms with Gasteiger partial charge in [-0.05, 0) is 186 Å². The lowest BCUT2D eigenvalue weighted by molar-refractivity contribution is -0.137. The molecule has 0 unspecified atom stereocenters. The van der Waals surface area contributed by atoms with E-state index in [4.69, 9.17) is 11.6 Å². The lowest BCUT2D eigenvalue weighted by Crippen LogP contribution is -2.15. The highest BCUT2D eigenvalue weighted by Gasteiger charge is 2.33. The molecule has 0 saturated heterocycles. The van der Waals surface area contributed by atoms with E-state index >= 15 is 0 Å². The second-order valence-corrected chi connectivity index (χ2v) is 31.1. The first-order valence-corrected chi connectivity index (χ1v) is 30.5. The van der Waals surface area contributed by atoms with Crippen molar-refractivity contribution in [2.75, 3.05) is 6.26 Å². The molecule has 0 aliphatic carbocycles. The van der Waals surface area contributed by atoms with Crippen LogP contribution in [0.2, 0.25) is 5.02 Å². The van der Waals surface area contributed by atoms with Crippen LogP contribution in [0.15, 0.2) is 112 Å². The summed E-state index contributed by atoms with van der Waals surface area (Å²) < 4.78 is 61.6. The molecular weight excluding hydrogens is 1090 g/mol. The molecule has 0 N–H and O–H groups in total. The van der Waals surface area contributed by atoms with Crippen LogP contribution in [0.3, 0.4) is 0 Å². The molecule has 0 bridgehead atoms. The molecule has 0 aliphatic rings. The minimum absolute atomic E-state index is 0.0230. The normalized spacial score (nSPS) is 12.2. The van der Waals surface area contributed by atoms with Crippen molar-refractivity contribution in [2.45, 2.75) is 231 Å². The Morgan fingerprint density at radius 1 is 0.367 bits per heavy atom. The number of halogens is 5. The van der Waals surface area contributed by atoms with Crippen LogP contribution < -0.4 is 0 Å². The van der Waals surface area contributed by atoms with E-state index in [1.807, 2.05) is 33.8 Å². The Morgan fingerprint density at radius 2 is 0.646 bits per heavy atom. The third kappa shape index (κ3) is 24.4. The second kappa shape index (κ2) is 28.2. The minimum Gasteiger partial charge on any atom is -0.224 e. The van der Waals surface area contributed by atoms with E-state index in [1.54, 1.807) is 19.1 Å². The van der Waals surface area contributed by atoms with Crippen LogP contribution >= 0.6 is 27.5 Å². The zero-order valence-electron chi connectivity index (χ0n) is 53.9. The van der Waals surface area contributed by atoms with Crippen LogP contribution in [0.5, 0.6) is 0 Å². The van der Waals surface area contributed by atoms with Gasteiger partial charge < -0.3 is 0 Å². The molecular formula is C71H101BrClF3O2S. The molecule has 6 aromatic rings. The summed E-state index contributed by atoms with van der Waals surface area (Å²) in [6, 6.07) is 33.9. The minimum atomic E-state index is -4.34. The first kappa shape index (κ1) is 72.8. The molecule has 79 heavy (non-hydrogen) atoms. The summed E-state index contributed by atoms with van der Waals surface area (Å²) >= 11 is 9.49. The Bertz CT molecular complexity index is 2800. The Hall–Kier alpha value is -4.17. The van der Waals surface area contributed by atoms with Crippen LogP contribution in [0.4, 0.5) is 13.2 Å². The number of alkyl halides is 3. The highest BCUT2D eigenvalue weighted by Crippen LogP contribution is 2.39. The Labute approximate surface area is 494 Å². The quantitative estimate of drug-likeness (QED) is 0.164. The molecule has 6 rings (SSSR count). The van der Waals surface area contributed by atoms with Crippen LogP contribution in [0.25, 0.3) is 0 Å². The summed E-state index contributed by atoms with van der Waals surface area (Å²) in [7, 11) is -3.10. The van der Waals surface area contributed by atoms with Gasteiger partial charge in [-0.2, -0.15) is 13.2 Å². The molecule has 0 amide bonds. The Kier molecular flexibility index (Phi) is 26.0. The van der Waals surface area contributed by atoms with E-state index in [2.05, 4.69) is 241 Å². The Balaban J connectivity index is 0.000000476. The van der Waals surface area contributed by atoms with Crippen LogP contribution in [0, 0.1) is 62.3 Å². The maximum Gasteiger partial charge on any atom is 0.416 e. The van der Waals surface area contributed by atoms with E-state index in [-0.39, 0.29) is 37.5 Å². The van der Waals surface area contributed by atoms with Gasteiger partial charge in [-0.15, -0.1) is 0 Å². The van der Waals surface area contributed by atoms with Gasteiger partial charge in [0.1, 0.15) is 0 Å². The number of hydrogen-bond acceptors (Lipinski definition) is 2. The highest BCUT2D eigenvalue weighted by molar-refractivity contribution is 9.10. The lowest BCUT2D eigenvalue weighted by atomic mass is 9.83. The molecule has 0 aliphatic heterocycles. The summed E-state index contributed by atoms with van der Waals surface area (Å²) in [6.07, 6.45) is -3.10. The standard InChI is InChI=1S/C12H14ClF3.C12H18O2S.3C12H18.C11H15Br/c1-7-5-8(12(14,15)16)6-9(13)10(7)11(2,3)4;1-9-6-7-10(15(5,13)14)8-11(9)12(2,3)4;3*1-9-6-7-10(2)11(8-9)12(3,4)5;1-8-5-6-10(12)9(7-8)11(2,3)4/h5-6H,1-4H3;6-8H,1-5H3;3*6-8H,1-5H3;5-7H,1-4H3. The second-order valence-electron chi connectivity index (χ2n) is 27.8. The fourth-order valence-corrected chi connectivity index (χ4v) is 11.4. The molecule has 2 nitrogen and oxygen atoms in total. The van der Waals surface area contributed by atoms with Gasteiger partial charge >= 0.3 is 6.18 Å². The van der Waals surface area contributed by atoms with Gasteiger partial charge in [-0.1, -0.05) is 247 Å². The van der Waals surface area contributed by atoms with Crippen LogP contribution in [-0.2, 0) is 48.5 Å². The van der Waals surface area contributed by atoms with Gasteiger partial charge in [-0.25, -0.2) is 8.42 Å². The zero-order chi connectivity index (χ0) is 62.0. The maximum atomic E-state index is 12.5. The smallest absolute Gasteiger partial charge is 0.224 e. The maximum absolute atomic E-state index is 12.5. The molecule has 0 fully saturated rings. The van der Waals surface area contributed by atoms with E-state index in [0.717, 1.165) is 28.8 Å². The van der Waals surface area contributed by atoms with Crippen LogP contribution in [-0.4, -0.2) is 14.7 Å². The summed E-state index contributed by atoms with van der Waals surface area (Å²) in [5.74, 6) is 0. The zero-order valence-corrected chi connectivity index (χ0v) is 57.1. The third-order valence-corrected chi connectivity index (χ3v) is 15.4. The lowest BCUT2D eigenvalue weighted by Gasteiger charge is -2.24. The molecule has 0 atom stereocenters. The number of benzene rings is 6.